The number of halogens is 4. The number of anilines is 1. The minimum absolute atomic E-state index is 0.538. The minimum Gasteiger partial charge on any atom is -0.323 e. The molecule has 0 saturated carbocycles. The van der Waals surface area contributed by atoms with Crippen LogP contribution in [0, 0.1) is 28.4 Å². The zero-order valence-corrected chi connectivity index (χ0v) is 10.1. The van der Waals surface area contributed by atoms with Crippen LogP contribution in [0.15, 0.2) is 12.1 Å². The molecule has 3 nitrogen and oxygen atoms in total. The Morgan fingerprint density at radius 3 is 2.37 bits per heavy atom. The number of benzene rings is 1. The summed E-state index contributed by atoms with van der Waals surface area (Å²) in [5.41, 5.74) is -3.17. The molecule has 1 rings (SSSR count). The second-order valence-electron chi connectivity index (χ2n) is 4.40. The lowest BCUT2D eigenvalue weighted by atomic mass is 9.93. The Kier molecular flexibility index (Phi) is 4.14. The Morgan fingerprint density at radius 2 is 1.89 bits per heavy atom. The standard InChI is InChI=1S/C12H10F4N2O/c1-12(2,10(15)16)11(19)18-9-4-7(13)6(5-17)3-8(9)14/h3-4,10H,1-2H3,(H,18,19). The van der Waals surface area contributed by atoms with Gasteiger partial charge in [-0.3, -0.25) is 4.79 Å². The normalized spacial score (nSPS) is 11.3. The molecule has 1 N–H and O–H groups in total. The van der Waals surface area contributed by atoms with Crippen molar-refractivity contribution in [1.82, 2.24) is 0 Å². The monoisotopic (exact) mass is 274 g/mol. The summed E-state index contributed by atoms with van der Waals surface area (Å²) in [5.74, 6) is -3.27. The van der Waals surface area contributed by atoms with E-state index >= 15 is 0 Å². The van der Waals surface area contributed by atoms with Crippen LogP contribution in [-0.2, 0) is 4.79 Å². The Balaban J connectivity index is 3.05. The molecule has 0 aromatic heterocycles. The van der Waals surface area contributed by atoms with E-state index in [9.17, 15) is 22.4 Å². The first kappa shape index (κ1) is 15.0. The van der Waals surface area contributed by atoms with Crippen molar-refractivity contribution in [2.75, 3.05) is 5.32 Å². The third-order valence-corrected chi connectivity index (χ3v) is 2.56. The molecule has 1 aromatic rings. The molecule has 7 heteroatoms. The van der Waals surface area contributed by atoms with Gasteiger partial charge in [0.05, 0.1) is 11.3 Å². The van der Waals surface area contributed by atoms with Gasteiger partial charge in [-0.25, -0.2) is 17.6 Å². The van der Waals surface area contributed by atoms with Crippen LogP contribution in [0.4, 0.5) is 23.2 Å². The highest BCUT2D eigenvalue weighted by Crippen LogP contribution is 2.28. The first-order valence-electron chi connectivity index (χ1n) is 5.19. The van der Waals surface area contributed by atoms with Crippen molar-refractivity contribution in [1.29, 1.82) is 5.26 Å². The largest absolute Gasteiger partial charge is 0.323 e. The fourth-order valence-corrected chi connectivity index (χ4v) is 1.11. The summed E-state index contributed by atoms with van der Waals surface area (Å²) in [7, 11) is 0. The third-order valence-electron chi connectivity index (χ3n) is 2.56. The van der Waals surface area contributed by atoms with Gasteiger partial charge in [0, 0.05) is 6.07 Å². The lowest BCUT2D eigenvalue weighted by molar-refractivity contribution is -0.131. The summed E-state index contributed by atoms with van der Waals surface area (Å²) in [4.78, 5) is 11.5. The van der Waals surface area contributed by atoms with Gasteiger partial charge in [0.15, 0.2) is 0 Å². The van der Waals surface area contributed by atoms with Gasteiger partial charge in [-0.15, -0.1) is 0 Å². The summed E-state index contributed by atoms with van der Waals surface area (Å²) in [6.07, 6.45) is -2.96. The molecule has 0 aliphatic heterocycles. The van der Waals surface area contributed by atoms with E-state index in [0.717, 1.165) is 13.8 Å². The molecular weight excluding hydrogens is 264 g/mol. The van der Waals surface area contributed by atoms with Crippen molar-refractivity contribution in [3.05, 3.63) is 29.3 Å². The van der Waals surface area contributed by atoms with Crippen molar-refractivity contribution in [2.24, 2.45) is 5.41 Å². The fraction of sp³-hybridized carbons (Fsp3) is 0.333. The topological polar surface area (TPSA) is 52.9 Å². The molecule has 1 aromatic carbocycles. The highest BCUT2D eigenvalue weighted by atomic mass is 19.3. The minimum atomic E-state index is -2.96. The van der Waals surface area contributed by atoms with Crippen molar-refractivity contribution in [3.8, 4) is 6.07 Å². The van der Waals surface area contributed by atoms with Gasteiger partial charge in [0.2, 0.25) is 5.91 Å². The SMILES string of the molecule is CC(C)(C(=O)Nc1cc(F)c(C#N)cc1F)C(F)F. The number of rotatable bonds is 3. The van der Waals surface area contributed by atoms with Gasteiger partial charge >= 0.3 is 0 Å². The van der Waals surface area contributed by atoms with Gasteiger partial charge in [-0.2, -0.15) is 5.26 Å². The van der Waals surface area contributed by atoms with E-state index in [0.29, 0.717) is 12.1 Å². The summed E-state index contributed by atoms with van der Waals surface area (Å²) in [6, 6.07) is 2.58. The van der Waals surface area contributed by atoms with Gasteiger partial charge in [0.1, 0.15) is 23.1 Å². The van der Waals surface area contributed by atoms with Crippen LogP contribution >= 0.6 is 0 Å². The van der Waals surface area contributed by atoms with Crippen LogP contribution in [0.2, 0.25) is 0 Å². The Labute approximate surface area is 106 Å². The van der Waals surface area contributed by atoms with Crippen LogP contribution < -0.4 is 5.32 Å². The van der Waals surface area contributed by atoms with Crippen molar-refractivity contribution >= 4 is 11.6 Å². The van der Waals surface area contributed by atoms with E-state index in [2.05, 4.69) is 0 Å². The zero-order chi connectivity index (χ0) is 14.8. The molecule has 0 aliphatic carbocycles. The molecule has 0 heterocycles. The van der Waals surface area contributed by atoms with E-state index in [1.807, 2.05) is 5.32 Å². The third kappa shape index (κ3) is 3.02. The number of carbonyl (C=O) groups excluding carboxylic acids is 1. The molecule has 102 valence electrons. The number of nitrogens with zero attached hydrogens (tertiary/aromatic N) is 1. The lowest BCUT2D eigenvalue weighted by Crippen LogP contribution is -2.37. The maximum atomic E-state index is 13.4. The van der Waals surface area contributed by atoms with Crippen molar-refractivity contribution in [2.45, 2.75) is 20.3 Å². The Bertz CT molecular complexity index is 549. The van der Waals surface area contributed by atoms with Crippen LogP contribution in [-0.4, -0.2) is 12.3 Å². The quantitative estimate of drug-likeness (QED) is 0.861. The van der Waals surface area contributed by atoms with E-state index in [4.69, 9.17) is 5.26 Å². The van der Waals surface area contributed by atoms with Crippen LogP contribution in [0.5, 0.6) is 0 Å². The number of carbonyl (C=O) groups is 1. The van der Waals surface area contributed by atoms with Gasteiger partial charge < -0.3 is 5.32 Å². The zero-order valence-electron chi connectivity index (χ0n) is 10.1. The molecule has 0 aliphatic rings. The maximum Gasteiger partial charge on any atom is 0.252 e. The van der Waals surface area contributed by atoms with E-state index in [1.165, 1.54) is 6.07 Å². The highest BCUT2D eigenvalue weighted by molar-refractivity contribution is 5.95. The lowest BCUT2D eigenvalue weighted by Gasteiger charge is -2.22. The molecular formula is C12H10F4N2O. The smallest absolute Gasteiger partial charge is 0.252 e. The van der Waals surface area contributed by atoms with Gasteiger partial charge in [-0.1, -0.05) is 0 Å². The number of hydrogen-bond donors (Lipinski definition) is 1. The van der Waals surface area contributed by atoms with Crippen molar-refractivity contribution in [3.63, 3.8) is 0 Å². The molecule has 0 fully saturated rings. The molecule has 0 spiro atoms. The second-order valence-corrected chi connectivity index (χ2v) is 4.40. The Morgan fingerprint density at radius 1 is 1.32 bits per heavy atom. The highest BCUT2D eigenvalue weighted by Gasteiger charge is 2.38. The number of alkyl halides is 2. The number of nitrogens with one attached hydrogen (secondary N) is 1. The summed E-state index contributed by atoms with van der Waals surface area (Å²) in [5, 5.41) is 10.4. The number of hydrogen-bond acceptors (Lipinski definition) is 2. The molecule has 0 radical (unpaired) electrons. The van der Waals surface area contributed by atoms with Crippen molar-refractivity contribution < 1.29 is 22.4 Å². The maximum absolute atomic E-state index is 13.4. The van der Waals surface area contributed by atoms with Crippen LogP contribution in [0.3, 0.4) is 0 Å². The second kappa shape index (κ2) is 5.26. The van der Waals surface area contributed by atoms with Crippen LogP contribution in [0.25, 0.3) is 0 Å². The summed E-state index contributed by atoms with van der Waals surface area (Å²) < 4.78 is 51.9. The van der Waals surface area contributed by atoms with E-state index in [1.54, 1.807) is 0 Å². The van der Waals surface area contributed by atoms with E-state index in [-0.39, 0.29) is 0 Å². The fourth-order valence-electron chi connectivity index (χ4n) is 1.11. The number of amides is 1. The first-order valence-corrected chi connectivity index (χ1v) is 5.19. The summed E-state index contributed by atoms with van der Waals surface area (Å²) in [6.45, 7) is 1.95. The van der Waals surface area contributed by atoms with E-state index < -0.39 is 40.6 Å². The molecule has 19 heavy (non-hydrogen) atoms. The first-order chi connectivity index (χ1) is 8.70. The number of nitriles is 1. The summed E-state index contributed by atoms with van der Waals surface area (Å²) >= 11 is 0. The van der Waals surface area contributed by atoms with Crippen LogP contribution in [0.1, 0.15) is 19.4 Å². The predicted molar refractivity (Wildman–Crippen MR) is 59.5 cm³/mol. The average Bonchev–Trinajstić information content (AvgIpc) is 2.32. The molecule has 0 saturated heterocycles. The average molecular weight is 274 g/mol. The van der Waals surface area contributed by atoms with Gasteiger partial charge in [-0.05, 0) is 19.9 Å². The molecule has 0 atom stereocenters. The predicted octanol–water partition coefficient (Wildman–Crippen LogP) is 3.07. The Hall–Kier alpha value is -2.10. The molecule has 0 unspecified atom stereocenters. The molecule has 0 bridgehead atoms. The van der Waals surface area contributed by atoms with Gasteiger partial charge in [0.25, 0.3) is 6.43 Å². The molecule has 1 amide bonds.